The highest BCUT2D eigenvalue weighted by molar-refractivity contribution is 5.88. The van der Waals surface area contributed by atoms with Crippen LogP contribution in [-0.2, 0) is 0 Å². The van der Waals surface area contributed by atoms with Gasteiger partial charge in [-0.05, 0) is 67.9 Å². The van der Waals surface area contributed by atoms with Gasteiger partial charge in [0, 0.05) is 59.8 Å². The lowest BCUT2D eigenvalue weighted by atomic mass is 10.1. The predicted octanol–water partition coefficient (Wildman–Crippen LogP) is 6.88. The molecule has 6 rings (SSSR count). The zero-order valence-corrected chi connectivity index (χ0v) is 20.4. The van der Waals surface area contributed by atoms with E-state index in [0.29, 0.717) is 5.75 Å². The number of allylic oxidation sites excluding steroid dienone is 1. The van der Waals surface area contributed by atoms with E-state index < -0.39 is 0 Å². The molecular formula is C29H24N6O2. The number of nitrogens with one attached hydrogen (secondary N) is 1. The van der Waals surface area contributed by atoms with Crippen molar-refractivity contribution < 1.29 is 9.47 Å². The summed E-state index contributed by atoms with van der Waals surface area (Å²) >= 11 is 0. The van der Waals surface area contributed by atoms with Gasteiger partial charge in [0.15, 0.2) is 5.65 Å². The second-order valence-corrected chi connectivity index (χ2v) is 8.71. The van der Waals surface area contributed by atoms with Gasteiger partial charge in [0.1, 0.15) is 29.3 Å². The first-order chi connectivity index (χ1) is 18.1. The van der Waals surface area contributed by atoms with Crippen LogP contribution in [0.25, 0.3) is 11.3 Å². The van der Waals surface area contributed by atoms with Gasteiger partial charge in [0.25, 0.3) is 0 Å². The minimum Gasteiger partial charge on any atom is -0.457 e. The number of benzene rings is 2. The second kappa shape index (κ2) is 9.58. The van der Waals surface area contributed by atoms with Crippen molar-refractivity contribution in [2.24, 2.45) is 4.99 Å². The van der Waals surface area contributed by atoms with Gasteiger partial charge in [0.05, 0.1) is 5.69 Å². The van der Waals surface area contributed by atoms with Crippen LogP contribution in [0.5, 0.6) is 23.0 Å². The standard InChI is InChI=1S/C29H24N6O2/c1-19-14-21(5-8-28(19)37-24-10-13-35-29(17-24)32-18-33-35)34-27-4-3-11-31-26-7-6-22(16-25(26)27)36-23-9-12-30-20(2)15-23/h4-18,34H,3H2,1-2H3. The minimum absolute atomic E-state index is 0.707. The first kappa shape index (κ1) is 22.5. The molecule has 2 aromatic carbocycles. The number of ether oxygens (including phenoxy) is 2. The summed E-state index contributed by atoms with van der Waals surface area (Å²) in [6, 6.07) is 19.4. The van der Waals surface area contributed by atoms with Crippen LogP contribution in [0.3, 0.4) is 0 Å². The number of hydrogen-bond acceptors (Lipinski definition) is 7. The molecule has 0 fully saturated rings. The lowest BCUT2D eigenvalue weighted by Crippen LogP contribution is -2.00. The second-order valence-electron chi connectivity index (χ2n) is 8.71. The predicted molar refractivity (Wildman–Crippen MR) is 144 cm³/mol. The number of aryl methyl sites for hydroxylation is 2. The number of fused-ring (bicyclic) bond motifs is 2. The third-order valence-electron chi connectivity index (χ3n) is 5.95. The molecule has 4 heterocycles. The van der Waals surface area contributed by atoms with E-state index in [-0.39, 0.29) is 0 Å². The third kappa shape index (κ3) is 4.90. The molecule has 8 nitrogen and oxygen atoms in total. The summed E-state index contributed by atoms with van der Waals surface area (Å²) in [6.45, 7) is 3.97. The molecule has 182 valence electrons. The summed E-state index contributed by atoms with van der Waals surface area (Å²) in [4.78, 5) is 13.1. The summed E-state index contributed by atoms with van der Waals surface area (Å²) in [5.41, 5.74) is 6.41. The lowest BCUT2D eigenvalue weighted by molar-refractivity contribution is 0.478. The average Bonchev–Trinajstić information content (AvgIpc) is 3.27. The molecule has 0 aliphatic carbocycles. The van der Waals surface area contributed by atoms with Crippen LogP contribution in [-0.4, -0.2) is 25.8 Å². The van der Waals surface area contributed by atoms with Crippen molar-refractivity contribution in [1.29, 1.82) is 0 Å². The molecule has 1 N–H and O–H groups in total. The van der Waals surface area contributed by atoms with Crippen molar-refractivity contribution in [3.05, 3.63) is 102 Å². The fourth-order valence-corrected chi connectivity index (χ4v) is 4.16. The number of nitrogens with zero attached hydrogens (tertiary/aromatic N) is 5. The van der Waals surface area contributed by atoms with Crippen LogP contribution in [0.4, 0.5) is 11.4 Å². The summed E-state index contributed by atoms with van der Waals surface area (Å²) in [5, 5.41) is 7.69. The molecule has 5 aromatic rings. The maximum Gasteiger partial charge on any atom is 0.158 e. The van der Waals surface area contributed by atoms with Gasteiger partial charge in [-0.25, -0.2) is 9.50 Å². The average molecular weight is 489 g/mol. The molecule has 0 bridgehead atoms. The molecule has 1 aliphatic heterocycles. The number of hydrogen-bond donors (Lipinski definition) is 1. The van der Waals surface area contributed by atoms with Crippen LogP contribution in [0.2, 0.25) is 0 Å². The molecular weight excluding hydrogens is 464 g/mol. The van der Waals surface area contributed by atoms with Gasteiger partial charge in [-0.1, -0.05) is 6.08 Å². The van der Waals surface area contributed by atoms with Crippen molar-refractivity contribution in [3.63, 3.8) is 0 Å². The Morgan fingerprint density at radius 3 is 2.65 bits per heavy atom. The van der Waals surface area contributed by atoms with Crippen LogP contribution in [0.1, 0.15) is 23.2 Å². The van der Waals surface area contributed by atoms with Crippen molar-refractivity contribution in [3.8, 4) is 23.0 Å². The Kier molecular flexibility index (Phi) is 5.82. The highest BCUT2D eigenvalue weighted by atomic mass is 16.5. The summed E-state index contributed by atoms with van der Waals surface area (Å²) in [6.07, 6.45) is 9.86. The van der Waals surface area contributed by atoms with Crippen LogP contribution in [0, 0.1) is 13.8 Å². The van der Waals surface area contributed by atoms with Crippen molar-refractivity contribution in [2.75, 3.05) is 5.32 Å². The lowest BCUT2D eigenvalue weighted by Gasteiger charge is -2.16. The topological polar surface area (TPSA) is 85.9 Å². The normalized spacial score (nSPS) is 12.5. The quantitative estimate of drug-likeness (QED) is 0.280. The molecule has 0 amide bonds. The molecule has 0 saturated carbocycles. The number of rotatable bonds is 6. The van der Waals surface area contributed by atoms with E-state index in [1.807, 2.05) is 80.9 Å². The van der Waals surface area contributed by atoms with E-state index in [0.717, 1.165) is 63.2 Å². The van der Waals surface area contributed by atoms with Crippen LogP contribution >= 0.6 is 0 Å². The van der Waals surface area contributed by atoms with Gasteiger partial charge >= 0.3 is 0 Å². The Morgan fingerprint density at radius 2 is 1.76 bits per heavy atom. The van der Waals surface area contributed by atoms with E-state index in [2.05, 4.69) is 37.5 Å². The SMILES string of the molecule is Cc1cc(Oc2ccc3c(c2)C(Nc2ccc(Oc4ccn5ncnc5c4)c(C)c2)=CCC=N3)ccn1. The molecule has 0 radical (unpaired) electrons. The fourth-order valence-electron chi connectivity index (χ4n) is 4.16. The molecule has 1 aliphatic rings. The molecule has 0 spiro atoms. The Morgan fingerprint density at radius 1 is 0.865 bits per heavy atom. The number of anilines is 1. The van der Waals surface area contributed by atoms with E-state index in [1.165, 1.54) is 6.33 Å². The number of pyridine rings is 2. The smallest absolute Gasteiger partial charge is 0.158 e. The summed E-state index contributed by atoms with van der Waals surface area (Å²) < 4.78 is 13.9. The van der Waals surface area contributed by atoms with Gasteiger partial charge in [0.2, 0.25) is 0 Å². The fraction of sp³-hybridized carbons (Fsp3) is 0.103. The first-order valence-electron chi connectivity index (χ1n) is 11.9. The Labute approximate surface area is 214 Å². The Bertz CT molecular complexity index is 1670. The maximum absolute atomic E-state index is 6.12. The minimum atomic E-state index is 0.707. The van der Waals surface area contributed by atoms with Gasteiger partial charge in [-0.15, -0.1) is 0 Å². The molecule has 3 aromatic heterocycles. The van der Waals surface area contributed by atoms with Crippen molar-refractivity contribution in [1.82, 2.24) is 19.6 Å². The van der Waals surface area contributed by atoms with Crippen LogP contribution in [0.15, 0.2) is 90.5 Å². The zero-order chi connectivity index (χ0) is 25.2. The van der Waals surface area contributed by atoms with E-state index in [9.17, 15) is 0 Å². The van der Waals surface area contributed by atoms with Gasteiger partial charge < -0.3 is 14.8 Å². The van der Waals surface area contributed by atoms with E-state index in [1.54, 1.807) is 10.7 Å². The van der Waals surface area contributed by atoms with E-state index in [4.69, 9.17) is 9.47 Å². The highest BCUT2D eigenvalue weighted by Gasteiger charge is 2.13. The molecule has 0 unspecified atom stereocenters. The highest BCUT2D eigenvalue weighted by Crippen LogP contribution is 2.35. The van der Waals surface area contributed by atoms with Crippen molar-refractivity contribution >= 4 is 28.9 Å². The molecule has 0 saturated heterocycles. The summed E-state index contributed by atoms with van der Waals surface area (Å²) in [5.74, 6) is 2.96. The molecule has 37 heavy (non-hydrogen) atoms. The molecule has 0 atom stereocenters. The third-order valence-corrected chi connectivity index (χ3v) is 5.95. The largest absolute Gasteiger partial charge is 0.457 e. The Hall–Kier alpha value is -4.98. The van der Waals surface area contributed by atoms with Crippen molar-refractivity contribution in [2.45, 2.75) is 20.3 Å². The first-order valence-corrected chi connectivity index (χ1v) is 11.9. The van der Waals surface area contributed by atoms with Gasteiger partial charge in [-0.3, -0.25) is 9.98 Å². The number of aliphatic imine (C=N–C) groups is 1. The van der Waals surface area contributed by atoms with Crippen LogP contribution < -0.4 is 14.8 Å². The molecule has 8 heteroatoms. The van der Waals surface area contributed by atoms with Gasteiger partial charge in [-0.2, -0.15) is 5.10 Å². The summed E-state index contributed by atoms with van der Waals surface area (Å²) in [7, 11) is 0. The number of aromatic nitrogens is 4. The monoisotopic (exact) mass is 488 g/mol. The Balaban J connectivity index is 1.23. The maximum atomic E-state index is 6.12. The zero-order valence-electron chi connectivity index (χ0n) is 20.4. The van der Waals surface area contributed by atoms with E-state index >= 15 is 0 Å².